The van der Waals surface area contributed by atoms with Crippen LogP contribution in [0, 0.1) is 0 Å². The summed E-state index contributed by atoms with van der Waals surface area (Å²) in [5.74, 6) is 0.752. The summed E-state index contributed by atoms with van der Waals surface area (Å²) < 4.78 is 45.0. The van der Waals surface area contributed by atoms with Gasteiger partial charge in [-0.1, -0.05) is 36.4 Å². The van der Waals surface area contributed by atoms with Gasteiger partial charge in [-0.25, -0.2) is 4.98 Å². The lowest BCUT2D eigenvalue weighted by atomic mass is 9.97. The highest BCUT2D eigenvalue weighted by atomic mass is 32.1. The fourth-order valence-electron chi connectivity index (χ4n) is 4.54. The maximum atomic E-state index is 13.2. The van der Waals surface area contributed by atoms with E-state index in [0.29, 0.717) is 28.4 Å². The average Bonchev–Trinajstić information content (AvgIpc) is 3.62. The number of anilines is 1. The molecule has 38 heavy (non-hydrogen) atoms. The van der Waals surface area contributed by atoms with Gasteiger partial charge in [-0.2, -0.15) is 13.2 Å². The zero-order chi connectivity index (χ0) is 26.5. The van der Waals surface area contributed by atoms with Crippen molar-refractivity contribution in [1.29, 1.82) is 0 Å². The van der Waals surface area contributed by atoms with E-state index in [2.05, 4.69) is 21.3 Å². The SMILES string of the molecule is O=C(Nc1ccccc1-c1cccc(C(F)(F)F)c1)c1csc(C2CCN(CC=Cc3ccco3)CC2)n1. The number of thiazole rings is 1. The maximum Gasteiger partial charge on any atom is 0.416 e. The molecule has 0 atom stereocenters. The van der Waals surface area contributed by atoms with Gasteiger partial charge in [0, 0.05) is 29.1 Å². The smallest absolute Gasteiger partial charge is 0.416 e. The number of nitrogens with zero attached hydrogens (tertiary/aromatic N) is 2. The van der Waals surface area contributed by atoms with E-state index in [1.54, 1.807) is 42.0 Å². The zero-order valence-corrected chi connectivity index (χ0v) is 21.3. The monoisotopic (exact) mass is 537 g/mol. The summed E-state index contributed by atoms with van der Waals surface area (Å²) >= 11 is 1.48. The number of carbonyl (C=O) groups excluding carboxylic acids is 1. The molecule has 196 valence electrons. The van der Waals surface area contributed by atoms with Crippen LogP contribution in [0.3, 0.4) is 0 Å². The van der Waals surface area contributed by atoms with Crippen molar-refractivity contribution in [2.75, 3.05) is 25.0 Å². The highest BCUT2D eigenvalue weighted by Gasteiger charge is 2.30. The van der Waals surface area contributed by atoms with Crippen molar-refractivity contribution in [2.24, 2.45) is 0 Å². The molecule has 5 rings (SSSR count). The Morgan fingerprint density at radius 1 is 1.11 bits per heavy atom. The van der Waals surface area contributed by atoms with Gasteiger partial charge in [0.1, 0.15) is 11.5 Å². The van der Waals surface area contributed by atoms with Crippen molar-refractivity contribution in [1.82, 2.24) is 9.88 Å². The van der Waals surface area contributed by atoms with Crippen molar-refractivity contribution in [3.8, 4) is 11.1 Å². The number of carbonyl (C=O) groups is 1. The largest absolute Gasteiger partial charge is 0.465 e. The minimum absolute atomic E-state index is 0.296. The Labute approximate surface area is 222 Å². The zero-order valence-electron chi connectivity index (χ0n) is 20.4. The molecule has 1 fully saturated rings. The Kier molecular flexibility index (Phi) is 7.76. The van der Waals surface area contributed by atoms with Crippen LogP contribution in [0.2, 0.25) is 0 Å². The first-order valence-electron chi connectivity index (χ1n) is 12.3. The third kappa shape index (κ3) is 6.23. The molecule has 0 bridgehead atoms. The topological polar surface area (TPSA) is 58.4 Å². The summed E-state index contributed by atoms with van der Waals surface area (Å²) in [6.45, 7) is 2.74. The summed E-state index contributed by atoms with van der Waals surface area (Å²) in [5.41, 5.74) is 0.895. The van der Waals surface area contributed by atoms with Crippen LogP contribution in [0.1, 0.15) is 45.6 Å². The van der Waals surface area contributed by atoms with Crippen molar-refractivity contribution >= 4 is 29.0 Å². The quantitative estimate of drug-likeness (QED) is 0.264. The number of nitrogens with one attached hydrogen (secondary N) is 1. The van der Waals surface area contributed by atoms with E-state index in [9.17, 15) is 18.0 Å². The lowest BCUT2D eigenvalue weighted by Gasteiger charge is -2.30. The molecule has 0 aliphatic carbocycles. The predicted molar refractivity (Wildman–Crippen MR) is 143 cm³/mol. The van der Waals surface area contributed by atoms with Crippen molar-refractivity contribution < 1.29 is 22.4 Å². The molecular weight excluding hydrogens is 511 g/mol. The lowest BCUT2D eigenvalue weighted by molar-refractivity contribution is -0.137. The van der Waals surface area contributed by atoms with E-state index in [-0.39, 0.29) is 5.91 Å². The molecule has 1 aliphatic heterocycles. The molecule has 0 radical (unpaired) electrons. The summed E-state index contributed by atoms with van der Waals surface area (Å²) in [6, 6.07) is 15.7. The summed E-state index contributed by atoms with van der Waals surface area (Å²) in [5, 5.41) is 5.53. The molecule has 0 unspecified atom stereocenters. The molecule has 1 saturated heterocycles. The highest BCUT2D eigenvalue weighted by Crippen LogP contribution is 2.35. The van der Waals surface area contributed by atoms with Gasteiger partial charge in [-0.3, -0.25) is 9.69 Å². The van der Waals surface area contributed by atoms with Gasteiger partial charge in [-0.05, 0) is 67.9 Å². The first kappa shape index (κ1) is 25.9. The molecule has 0 spiro atoms. The van der Waals surface area contributed by atoms with E-state index >= 15 is 0 Å². The van der Waals surface area contributed by atoms with E-state index in [4.69, 9.17) is 4.42 Å². The number of likely N-dealkylation sites (tertiary alicyclic amines) is 1. The molecule has 1 amide bonds. The minimum atomic E-state index is -4.45. The number of amides is 1. The number of rotatable bonds is 7. The molecule has 1 aliphatic rings. The van der Waals surface area contributed by atoms with Gasteiger partial charge in [0.2, 0.25) is 0 Å². The Balaban J connectivity index is 1.21. The Morgan fingerprint density at radius 3 is 2.68 bits per heavy atom. The number of furan rings is 1. The van der Waals surface area contributed by atoms with Gasteiger partial charge in [0.15, 0.2) is 0 Å². The van der Waals surface area contributed by atoms with Crippen LogP contribution in [0.4, 0.5) is 18.9 Å². The number of halogens is 3. The molecule has 0 saturated carbocycles. The molecular formula is C29H26F3N3O2S. The second-order valence-corrected chi connectivity index (χ2v) is 10.0. The Morgan fingerprint density at radius 2 is 1.92 bits per heavy atom. The number of hydrogen-bond donors (Lipinski definition) is 1. The second-order valence-electron chi connectivity index (χ2n) is 9.14. The van der Waals surface area contributed by atoms with E-state index in [1.807, 2.05) is 18.2 Å². The van der Waals surface area contributed by atoms with Crippen LogP contribution >= 0.6 is 11.3 Å². The van der Waals surface area contributed by atoms with E-state index < -0.39 is 11.7 Å². The molecule has 1 N–H and O–H groups in total. The number of alkyl halides is 3. The van der Waals surface area contributed by atoms with Crippen molar-refractivity contribution in [2.45, 2.75) is 24.9 Å². The van der Waals surface area contributed by atoms with Crippen molar-refractivity contribution in [3.63, 3.8) is 0 Å². The van der Waals surface area contributed by atoms with Gasteiger partial charge in [-0.15, -0.1) is 11.3 Å². The fraction of sp³-hybridized carbons (Fsp3) is 0.241. The van der Waals surface area contributed by atoms with Crippen LogP contribution in [0.15, 0.2) is 82.8 Å². The maximum absolute atomic E-state index is 13.2. The normalized spacial score (nSPS) is 15.2. The molecule has 4 aromatic rings. The molecule has 2 aromatic heterocycles. The van der Waals surface area contributed by atoms with Crippen LogP contribution in [0.5, 0.6) is 0 Å². The molecule has 2 aromatic carbocycles. The second kappa shape index (κ2) is 11.4. The molecule has 5 nitrogen and oxygen atoms in total. The predicted octanol–water partition coefficient (Wildman–Crippen LogP) is 7.57. The van der Waals surface area contributed by atoms with E-state index in [1.165, 1.54) is 17.4 Å². The Hall–Kier alpha value is -3.69. The first-order chi connectivity index (χ1) is 18.4. The fourth-order valence-corrected chi connectivity index (χ4v) is 5.51. The summed E-state index contributed by atoms with van der Waals surface area (Å²) in [6.07, 6.45) is 3.20. The third-order valence-corrected chi connectivity index (χ3v) is 7.56. The molecule has 9 heteroatoms. The van der Waals surface area contributed by atoms with Gasteiger partial charge in [0.25, 0.3) is 5.91 Å². The van der Waals surface area contributed by atoms with Gasteiger partial charge >= 0.3 is 6.18 Å². The first-order valence-corrected chi connectivity index (χ1v) is 13.2. The standard InChI is InChI=1S/C29H26F3N3O2S/c30-29(31,32)22-7-3-6-21(18-22)24-10-1-2-11-25(24)33-27(36)26-19-38-28(34-26)20-12-15-35(16-13-20)14-4-8-23-9-5-17-37-23/h1-11,17-20H,12-16H2,(H,33,36). The number of piperidine rings is 1. The lowest BCUT2D eigenvalue weighted by Crippen LogP contribution is -2.33. The van der Waals surface area contributed by atoms with Crippen LogP contribution < -0.4 is 5.32 Å². The van der Waals surface area contributed by atoms with Gasteiger partial charge in [0.05, 0.1) is 16.8 Å². The van der Waals surface area contributed by atoms with Crippen LogP contribution in [0.25, 0.3) is 17.2 Å². The summed E-state index contributed by atoms with van der Waals surface area (Å²) in [4.78, 5) is 20.0. The molecule has 3 heterocycles. The third-order valence-electron chi connectivity index (χ3n) is 6.56. The van der Waals surface area contributed by atoms with Crippen LogP contribution in [-0.2, 0) is 6.18 Å². The Bertz CT molecular complexity index is 1400. The number of benzene rings is 2. The average molecular weight is 538 g/mol. The number of aromatic nitrogens is 1. The number of para-hydroxylation sites is 1. The van der Waals surface area contributed by atoms with Crippen molar-refractivity contribution in [3.05, 3.63) is 100 Å². The minimum Gasteiger partial charge on any atom is -0.465 e. The summed E-state index contributed by atoms with van der Waals surface area (Å²) in [7, 11) is 0. The van der Waals surface area contributed by atoms with E-state index in [0.717, 1.165) is 55.4 Å². The highest BCUT2D eigenvalue weighted by molar-refractivity contribution is 7.10. The van der Waals surface area contributed by atoms with Gasteiger partial charge < -0.3 is 9.73 Å². The number of hydrogen-bond acceptors (Lipinski definition) is 5. The van der Waals surface area contributed by atoms with Crippen LogP contribution in [-0.4, -0.2) is 35.4 Å².